The number of nitrogens with zero attached hydrogens (tertiary/aromatic N) is 1. The topological polar surface area (TPSA) is 426 Å². The molecule has 59 heavy (non-hydrogen) atoms. The predicted octanol–water partition coefficient (Wildman–Crippen LogP) is -7.42. The summed E-state index contributed by atoms with van der Waals surface area (Å²) in [6, 6.07) is -9.47. The van der Waals surface area contributed by atoms with Crippen LogP contribution in [0.2, 0.25) is 0 Å². The molecule has 0 radical (unpaired) electrons. The van der Waals surface area contributed by atoms with Crippen LogP contribution in [0.25, 0.3) is 0 Å². The largest absolute Gasteiger partial charge is 0.394 e. The van der Waals surface area contributed by atoms with E-state index in [2.05, 4.69) is 31.9 Å². The molecule has 9 amide bonds. The van der Waals surface area contributed by atoms with E-state index in [4.69, 9.17) is 34.4 Å². The van der Waals surface area contributed by atoms with Crippen molar-refractivity contribution in [2.75, 3.05) is 45.9 Å². The van der Waals surface area contributed by atoms with Crippen molar-refractivity contribution >= 4 is 53.2 Å². The van der Waals surface area contributed by atoms with Gasteiger partial charge in [0.05, 0.1) is 26.2 Å². The van der Waals surface area contributed by atoms with Gasteiger partial charge in [-0.05, 0) is 90.3 Å². The second-order valence-corrected chi connectivity index (χ2v) is 14.1. The van der Waals surface area contributed by atoms with Gasteiger partial charge in [0, 0.05) is 6.54 Å². The Hall–Kier alpha value is -5.01. The third-order valence-corrected chi connectivity index (χ3v) is 9.46. The highest BCUT2D eigenvalue weighted by molar-refractivity contribution is 5.98. The van der Waals surface area contributed by atoms with Crippen LogP contribution in [0, 0.1) is 0 Å². The fourth-order valence-electron chi connectivity index (χ4n) is 6.20. The number of rotatable bonds is 30. The Morgan fingerprint density at radius 3 is 1.49 bits per heavy atom. The number of aliphatic hydroxyl groups excluding tert-OH is 2. The normalized spacial score (nSPS) is 16.6. The summed E-state index contributed by atoms with van der Waals surface area (Å²) in [4.78, 5) is 118. The Kier molecular flexibility index (Phi) is 25.1. The van der Waals surface area contributed by atoms with Crippen LogP contribution < -0.4 is 66.3 Å². The van der Waals surface area contributed by atoms with Gasteiger partial charge < -0.3 is 81.4 Å². The summed E-state index contributed by atoms with van der Waals surface area (Å²) in [6.07, 6.45) is 2.96. The van der Waals surface area contributed by atoms with Crippen LogP contribution >= 0.6 is 0 Å². The molecule has 0 bridgehead atoms. The lowest BCUT2D eigenvalue weighted by molar-refractivity contribution is -0.142. The molecule has 1 saturated heterocycles. The van der Waals surface area contributed by atoms with Crippen molar-refractivity contribution < 1.29 is 53.4 Å². The first-order chi connectivity index (χ1) is 28.1. The maximum Gasteiger partial charge on any atom is 0.245 e. The van der Waals surface area contributed by atoms with Crippen molar-refractivity contribution in [2.24, 2.45) is 34.4 Å². The van der Waals surface area contributed by atoms with Crippen molar-refractivity contribution in [3.05, 3.63) is 0 Å². The van der Waals surface area contributed by atoms with E-state index in [1.807, 2.05) is 0 Å². The third-order valence-electron chi connectivity index (χ3n) is 9.46. The van der Waals surface area contributed by atoms with Crippen molar-refractivity contribution in [1.82, 2.24) is 36.8 Å². The number of carbonyl (C=O) groups excluding carboxylic acids is 9. The van der Waals surface area contributed by atoms with E-state index < -0.39 is 122 Å². The maximum absolute atomic E-state index is 14.0. The van der Waals surface area contributed by atoms with Crippen LogP contribution in [0.3, 0.4) is 0 Å². The standard InChI is InChI=1S/C35H65N13O11/c36-12-4-1-8-20(29(41)53)43-34(58)26-11-7-15-48(26)35(59)22(10-3-6-14-38)45-33(57)25(19-50)47-30(54)21(9-2-5-13-37)44-31(55)23(16-27(40)51)46-32(56)24(18-49)42-28(52)17-39/h20-26,49-50H,1-19,36-39H2,(H2,40,51)(H2,41,53)(H,42,52)(H,43,58)(H,44,55)(H,45,57)(H,46,56)(H,47,54)/t20-,21-,22-,23-,24-,25-,26-/m0/s1. The number of primary amides is 2. The molecule has 336 valence electrons. The molecule has 1 fully saturated rings. The number of amides is 9. The minimum absolute atomic E-state index is 0.0557. The average Bonchev–Trinajstić information content (AvgIpc) is 3.70. The maximum atomic E-state index is 14.0. The van der Waals surface area contributed by atoms with Gasteiger partial charge in [0.1, 0.15) is 42.3 Å². The molecule has 0 aromatic carbocycles. The fourth-order valence-corrected chi connectivity index (χ4v) is 6.20. The number of hydrogen-bond acceptors (Lipinski definition) is 15. The van der Waals surface area contributed by atoms with Crippen LogP contribution in [-0.4, -0.2) is 157 Å². The van der Waals surface area contributed by atoms with Gasteiger partial charge in [-0.1, -0.05) is 0 Å². The average molecular weight is 844 g/mol. The first-order valence-corrected chi connectivity index (χ1v) is 19.8. The lowest BCUT2D eigenvalue weighted by Gasteiger charge is -2.30. The van der Waals surface area contributed by atoms with Crippen LogP contribution in [0.1, 0.15) is 77.0 Å². The molecular formula is C35H65N13O11. The molecule has 1 heterocycles. The number of hydrogen-bond donors (Lipinski definition) is 14. The highest BCUT2D eigenvalue weighted by atomic mass is 16.3. The number of aliphatic hydroxyl groups is 2. The number of nitrogens with one attached hydrogen (secondary N) is 6. The van der Waals surface area contributed by atoms with Crippen molar-refractivity contribution in [1.29, 1.82) is 0 Å². The second kappa shape index (κ2) is 28.4. The summed E-state index contributed by atoms with van der Waals surface area (Å²) in [5, 5.41) is 34.1. The first kappa shape index (κ1) is 52.0. The van der Waals surface area contributed by atoms with Gasteiger partial charge in [0.2, 0.25) is 53.2 Å². The lowest BCUT2D eigenvalue weighted by atomic mass is 10.0. The molecule has 0 unspecified atom stereocenters. The Labute approximate surface area is 342 Å². The molecule has 0 aromatic rings. The summed E-state index contributed by atoms with van der Waals surface area (Å²) in [5.41, 5.74) is 32.8. The van der Waals surface area contributed by atoms with E-state index in [1.54, 1.807) is 0 Å². The van der Waals surface area contributed by atoms with Gasteiger partial charge in [0.15, 0.2) is 0 Å². The summed E-state index contributed by atoms with van der Waals surface area (Å²) in [5.74, 6) is -7.84. The SMILES string of the molecule is NCCCC[C@H](NC(=O)[C@@H]1CCCN1C(=O)[C@H](CCCCN)NC(=O)[C@H](CO)NC(=O)[C@H](CCCCN)NC(=O)[C@H](CC(N)=O)NC(=O)[C@H](CO)NC(=O)CN)C(N)=O. The van der Waals surface area contributed by atoms with E-state index in [0.717, 1.165) is 0 Å². The third kappa shape index (κ3) is 18.6. The van der Waals surface area contributed by atoms with Crippen molar-refractivity contribution in [3.63, 3.8) is 0 Å². The molecule has 24 heteroatoms. The molecule has 20 N–H and O–H groups in total. The van der Waals surface area contributed by atoms with Crippen molar-refractivity contribution in [2.45, 2.75) is 119 Å². The van der Waals surface area contributed by atoms with Gasteiger partial charge >= 0.3 is 0 Å². The zero-order valence-corrected chi connectivity index (χ0v) is 33.5. The molecule has 1 aliphatic rings. The van der Waals surface area contributed by atoms with E-state index in [0.29, 0.717) is 45.1 Å². The van der Waals surface area contributed by atoms with Gasteiger partial charge in [-0.25, -0.2) is 0 Å². The Morgan fingerprint density at radius 2 is 1.00 bits per heavy atom. The molecule has 7 atom stereocenters. The van der Waals surface area contributed by atoms with Crippen LogP contribution in [-0.2, 0) is 43.2 Å². The summed E-state index contributed by atoms with van der Waals surface area (Å²) in [6.45, 7) is -1.29. The first-order valence-electron chi connectivity index (χ1n) is 19.8. The number of carbonyl (C=O) groups is 9. The molecule has 1 aliphatic heterocycles. The van der Waals surface area contributed by atoms with E-state index in [9.17, 15) is 53.4 Å². The van der Waals surface area contributed by atoms with E-state index >= 15 is 0 Å². The lowest BCUT2D eigenvalue weighted by Crippen LogP contribution is -2.61. The Morgan fingerprint density at radius 1 is 0.559 bits per heavy atom. The molecule has 24 nitrogen and oxygen atoms in total. The Bertz CT molecular complexity index is 1420. The Balaban J connectivity index is 3.23. The van der Waals surface area contributed by atoms with Crippen LogP contribution in [0.15, 0.2) is 0 Å². The number of unbranched alkanes of at least 4 members (excludes halogenated alkanes) is 3. The molecule has 0 aromatic heterocycles. The quantitative estimate of drug-likeness (QED) is 0.0299. The minimum Gasteiger partial charge on any atom is -0.394 e. The van der Waals surface area contributed by atoms with Crippen molar-refractivity contribution in [3.8, 4) is 0 Å². The van der Waals surface area contributed by atoms with Gasteiger partial charge in [-0.3, -0.25) is 43.2 Å². The monoisotopic (exact) mass is 843 g/mol. The minimum atomic E-state index is -1.68. The zero-order chi connectivity index (χ0) is 44.5. The predicted molar refractivity (Wildman–Crippen MR) is 211 cm³/mol. The van der Waals surface area contributed by atoms with E-state index in [-0.39, 0.29) is 51.7 Å². The van der Waals surface area contributed by atoms with Gasteiger partial charge in [-0.2, -0.15) is 0 Å². The molecule has 0 saturated carbocycles. The van der Waals surface area contributed by atoms with Crippen LogP contribution in [0.5, 0.6) is 0 Å². The van der Waals surface area contributed by atoms with E-state index in [1.165, 1.54) is 4.90 Å². The van der Waals surface area contributed by atoms with Crippen LogP contribution in [0.4, 0.5) is 0 Å². The van der Waals surface area contributed by atoms with Gasteiger partial charge in [-0.15, -0.1) is 0 Å². The molecule has 0 spiro atoms. The number of nitrogens with two attached hydrogens (primary N) is 6. The molecule has 0 aliphatic carbocycles. The van der Waals surface area contributed by atoms with Gasteiger partial charge in [0.25, 0.3) is 0 Å². The highest BCUT2D eigenvalue weighted by Gasteiger charge is 2.39. The second-order valence-electron chi connectivity index (χ2n) is 14.1. The summed E-state index contributed by atoms with van der Waals surface area (Å²) >= 11 is 0. The zero-order valence-electron chi connectivity index (χ0n) is 33.5. The highest BCUT2D eigenvalue weighted by Crippen LogP contribution is 2.21. The number of likely N-dealkylation sites (tertiary alicyclic amines) is 1. The smallest absolute Gasteiger partial charge is 0.245 e. The fraction of sp³-hybridized carbons (Fsp3) is 0.743. The molecular weight excluding hydrogens is 778 g/mol. The summed E-state index contributed by atoms with van der Waals surface area (Å²) in [7, 11) is 0. The summed E-state index contributed by atoms with van der Waals surface area (Å²) < 4.78 is 0. The molecule has 1 rings (SSSR count).